The van der Waals surface area contributed by atoms with E-state index in [0.717, 1.165) is 23.7 Å². The van der Waals surface area contributed by atoms with E-state index in [-0.39, 0.29) is 6.10 Å². The molecule has 0 unspecified atom stereocenters. The Morgan fingerprint density at radius 1 is 1.12 bits per heavy atom. The molecule has 96 valence electrons. The van der Waals surface area contributed by atoms with Crippen molar-refractivity contribution in [1.82, 2.24) is 0 Å². The molecule has 0 saturated carbocycles. The summed E-state index contributed by atoms with van der Waals surface area (Å²) >= 11 is 0. The maximum absolute atomic E-state index is 5.45. The fourth-order valence-corrected chi connectivity index (χ4v) is 1.44. The van der Waals surface area contributed by atoms with Gasteiger partial charge in [-0.1, -0.05) is 0 Å². The van der Waals surface area contributed by atoms with Crippen LogP contribution in [0.15, 0.2) is 18.2 Å². The fraction of sp³-hybridized carbons (Fsp3) is 0.538. The highest BCUT2D eigenvalue weighted by molar-refractivity contribution is 5.54. The number of ether oxygens (including phenoxy) is 3. The van der Waals surface area contributed by atoms with Gasteiger partial charge in [-0.3, -0.25) is 0 Å². The molecule has 0 aliphatic carbocycles. The molecule has 0 aromatic heterocycles. The van der Waals surface area contributed by atoms with Gasteiger partial charge >= 0.3 is 0 Å². The van der Waals surface area contributed by atoms with E-state index in [4.69, 9.17) is 14.2 Å². The Hall–Kier alpha value is -1.42. The van der Waals surface area contributed by atoms with Crippen LogP contribution in [0.2, 0.25) is 0 Å². The molecule has 0 bridgehead atoms. The quantitative estimate of drug-likeness (QED) is 0.742. The monoisotopic (exact) mass is 239 g/mol. The molecule has 0 atom stereocenters. The van der Waals surface area contributed by atoms with Gasteiger partial charge in [-0.2, -0.15) is 0 Å². The van der Waals surface area contributed by atoms with Crippen LogP contribution in [0.5, 0.6) is 11.5 Å². The van der Waals surface area contributed by atoms with Crippen molar-refractivity contribution in [2.45, 2.75) is 20.0 Å². The molecule has 1 N–H and O–H groups in total. The van der Waals surface area contributed by atoms with Gasteiger partial charge in [-0.15, -0.1) is 0 Å². The molecule has 17 heavy (non-hydrogen) atoms. The van der Waals surface area contributed by atoms with Crippen LogP contribution in [-0.4, -0.2) is 33.5 Å². The van der Waals surface area contributed by atoms with E-state index >= 15 is 0 Å². The molecule has 0 heterocycles. The van der Waals surface area contributed by atoms with E-state index in [0.29, 0.717) is 6.61 Å². The standard InChI is InChI=1S/C13H21NO3/c1-10(2)17-8-7-14-11-5-6-12(15-3)13(9-11)16-4/h5-6,9-10,14H,7-8H2,1-4H3. The lowest BCUT2D eigenvalue weighted by Gasteiger charge is -2.12. The third kappa shape index (κ3) is 4.53. The molecule has 0 fully saturated rings. The zero-order valence-corrected chi connectivity index (χ0v) is 10.9. The Labute approximate surface area is 103 Å². The second-order valence-corrected chi connectivity index (χ2v) is 3.92. The average Bonchev–Trinajstić information content (AvgIpc) is 2.34. The van der Waals surface area contributed by atoms with E-state index in [2.05, 4.69) is 5.32 Å². The zero-order chi connectivity index (χ0) is 12.7. The second kappa shape index (κ2) is 7.01. The molecule has 1 aromatic carbocycles. The number of hydrogen-bond acceptors (Lipinski definition) is 4. The predicted molar refractivity (Wildman–Crippen MR) is 69.1 cm³/mol. The van der Waals surface area contributed by atoms with Crippen molar-refractivity contribution in [1.29, 1.82) is 0 Å². The second-order valence-electron chi connectivity index (χ2n) is 3.92. The molecular weight excluding hydrogens is 218 g/mol. The Bertz CT molecular complexity index is 339. The van der Waals surface area contributed by atoms with Crippen LogP contribution in [0.25, 0.3) is 0 Å². The molecule has 4 nitrogen and oxygen atoms in total. The van der Waals surface area contributed by atoms with Crippen molar-refractivity contribution in [3.63, 3.8) is 0 Å². The molecule has 1 rings (SSSR count). The number of benzene rings is 1. The van der Waals surface area contributed by atoms with Gasteiger partial charge in [0.05, 0.1) is 26.9 Å². The van der Waals surface area contributed by atoms with Crippen molar-refractivity contribution in [3.05, 3.63) is 18.2 Å². The van der Waals surface area contributed by atoms with E-state index in [1.807, 2.05) is 32.0 Å². The molecular formula is C13H21NO3. The molecule has 0 aliphatic rings. The van der Waals surface area contributed by atoms with Crippen molar-refractivity contribution >= 4 is 5.69 Å². The minimum atomic E-state index is 0.266. The summed E-state index contributed by atoms with van der Waals surface area (Å²) in [7, 11) is 3.25. The third-order valence-corrected chi connectivity index (χ3v) is 2.27. The first-order chi connectivity index (χ1) is 8.17. The normalized spacial score (nSPS) is 10.4. The maximum Gasteiger partial charge on any atom is 0.162 e. The third-order valence-electron chi connectivity index (χ3n) is 2.27. The number of rotatable bonds is 7. The summed E-state index contributed by atoms with van der Waals surface area (Å²) in [5.41, 5.74) is 0.995. The van der Waals surface area contributed by atoms with E-state index < -0.39 is 0 Å². The first kappa shape index (κ1) is 13.6. The lowest BCUT2D eigenvalue weighted by Crippen LogP contribution is -2.13. The van der Waals surface area contributed by atoms with Crippen LogP contribution in [0.3, 0.4) is 0 Å². The molecule has 0 spiro atoms. The minimum Gasteiger partial charge on any atom is -0.493 e. The Balaban J connectivity index is 2.48. The first-order valence-electron chi connectivity index (χ1n) is 5.75. The van der Waals surface area contributed by atoms with E-state index in [1.54, 1.807) is 14.2 Å². The molecule has 0 saturated heterocycles. The highest BCUT2D eigenvalue weighted by Crippen LogP contribution is 2.29. The Morgan fingerprint density at radius 3 is 2.41 bits per heavy atom. The predicted octanol–water partition coefficient (Wildman–Crippen LogP) is 2.54. The average molecular weight is 239 g/mol. The van der Waals surface area contributed by atoms with Gasteiger partial charge in [-0.05, 0) is 26.0 Å². The number of nitrogens with one attached hydrogen (secondary N) is 1. The maximum atomic E-state index is 5.45. The van der Waals surface area contributed by atoms with E-state index in [1.165, 1.54) is 0 Å². The SMILES string of the molecule is COc1ccc(NCCOC(C)C)cc1OC. The number of methoxy groups -OCH3 is 2. The van der Waals surface area contributed by atoms with Gasteiger partial charge in [0, 0.05) is 18.3 Å². The van der Waals surface area contributed by atoms with Crippen LogP contribution < -0.4 is 14.8 Å². The fourth-order valence-electron chi connectivity index (χ4n) is 1.44. The summed E-state index contributed by atoms with van der Waals surface area (Å²) < 4.78 is 15.8. The summed E-state index contributed by atoms with van der Waals surface area (Å²) in [6, 6.07) is 5.75. The Morgan fingerprint density at radius 2 is 1.82 bits per heavy atom. The van der Waals surface area contributed by atoms with Gasteiger partial charge in [0.2, 0.25) is 0 Å². The highest BCUT2D eigenvalue weighted by atomic mass is 16.5. The lowest BCUT2D eigenvalue weighted by atomic mass is 10.2. The van der Waals surface area contributed by atoms with Gasteiger partial charge in [0.15, 0.2) is 11.5 Å². The van der Waals surface area contributed by atoms with Crippen molar-refractivity contribution < 1.29 is 14.2 Å². The summed E-state index contributed by atoms with van der Waals surface area (Å²) in [5, 5.41) is 3.27. The van der Waals surface area contributed by atoms with Gasteiger partial charge in [0.1, 0.15) is 0 Å². The van der Waals surface area contributed by atoms with Crippen LogP contribution >= 0.6 is 0 Å². The van der Waals surface area contributed by atoms with Crippen LogP contribution in [0.1, 0.15) is 13.8 Å². The van der Waals surface area contributed by atoms with Gasteiger partial charge < -0.3 is 19.5 Å². The lowest BCUT2D eigenvalue weighted by molar-refractivity contribution is 0.0870. The molecule has 0 radical (unpaired) electrons. The summed E-state index contributed by atoms with van der Waals surface area (Å²) in [6.07, 6.45) is 0.266. The van der Waals surface area contributed by atoms with Crippen LogP contribution in [-0.2, 0) is 4.74 Å². The summed E-state index contributed by atoms with van der Waals surface area (Å²) in [4.78, 5) is 0. The summed E-state index contributed by atoms with van der Waals surface area (Å²) in [6.45, 7) is 5.51. The smallest absolute Gasteiger partial charge is 0.162 e. The molecule has 4 heteroatoms. The van der Waals surface area contributed by atoms with Gasteiger partial charge in [-0.25, -0.2) is 0 Å². The number of hydrogen-bond donors (Lipinski definition) is 1. The molecule has 1 aromatic rings. The number of anilines is 1. The largest absolute Gasteiger partial charge is 0.493 e. The highest BCUT2D eigenvalue weighted by Gasteiger charge is 2.03. The van der Waals surface area contributed by atoms with Crippen LogP contribution in [0, 0.1) is 0 Å². The molecule has 0 amide bonds. The summed E-state index contributed by atoms with van der Waals surface area (Å²) in [5.74, 6) is 1.46. The van der Waals surface area contributed by atoms with Crippen molar-refractivity contribution in [2.75, 3.05) is 32.7 Å². The van der Waals surface area contributed by atoms with Crippen LogP contribution in [0.4, 0.5) is 5.69 Å². The van der Waals surface area contributed by atoms with Crippen molar-refractivity contribution in [2.24, 2.45) is 0 Å². The van der Waals surface area contributed by atoms with Gasteiger partial charge in [0.25, 0.3) is 0 Å². The van der Waals surface area contributed by atoms with Crippen molar-refractivity contribution in [3.8, 4) is 11.5 Å². The zero-order valence-electron chi connectivity index (χ0n) is 10.9. The topological polar surface area (TPSA) is 39.7 Å². The Kier molecular flexibility index (Phi) is 5.63. The van der Waals surface area contributed by atoms with E-state index in [9.17, 15) is 0 Å². The minimum absolute atomic E-state index is 0.266. The first-order valence-corrected chi connectivity index (χ1v) is 5.75. The molecule has 0 aliphatic heterocycles.